The van der Waals surface area contributed by atoms with E-state index in [0.29, 0.717) is 6.04 Å². The lowest BCUT2D eigenvalue weighted by Crippen LogP contribution is -2.39. The SMILES string of the molecule is CC(C)N1CCc2c(sc3c2C(=O)N[C@@H](c2cn(C)c4ccccc24)N3)C1. The minimum atomic E-state index is -0.197. The molecule has 2 aliphatic heterocycles. The van der Waals surface area contributed by atoms with Crippen LogP contribution in [0.25, 0.3) is 10.9 Å². The Bertz CT molecular complexity index is 1050. The van der Waals surface area contributed by atoms with Crippen LogP contribution >= 0.6 is 11.3 Å². The number of aromatic nitrogens is 1. The smallest absolute Gasteiger partial charge is 0.256 e. The fourth-order valence-electron chi connectivity index (χ4n) is 4.33. The van der Waals surface area contributed by atoms with Crippen molar-refractivity contribution in [2.24, 2.45) is 7.05 Å². The van der Waals surface area contributed by atoms with Crippen LogP contribution in [-0.2, 0) is 20.0 Å². The molecule has 1 atom stereocenters. The van der Waals surface area contributed by atoms with Gasteiger partial charge < -0.3 is 15.2 Å². The summed E-state index contributed by atoms with van der Waals surface area (Å²) in [5.74, 6) is 0.0529. The predicted octanol–water partition coefficient (Wildman–Crippen LogP) is 3.86. The first-order valence-electron chi connectivity index (χ1n) is 9.53. The standard InChI is InChI=1S/C21H24N4OS/c1-12(2)25-9-8-14-17(11-25)27-21-18(14)20(26)22-19(23-21)15-10-24(3)16-7-5-4-6-13(15)16/h4-7,10,12,19,23H,8-9,11H2,1-3H3,(H,22,26)/t19-/m1/s1. The van der Waals surface area contributed by atoms with E-state index in [1.54, 1.807) is 11.3 Å². The summed E-state index contributed by atoms with van der Waals surface area (Å²) in [6.45, 7) is 6.44. The van der Waals surface area contributed by atoms with Gasteiger partial charge in [-0.15, -0.1) is 11.3 Å². The highest BCUT2D eigenvalue weighted by Crippen LogP contribution is 2.41. The van der Waals surface area contributed by atoms with E-state index in [1.165, 1.54) is 21.3 Å². The lowest BCUT2D eigenvalue weighted by molar-refractivity contribution is 0.0934. The van der Waals surface area contributed by atoms with Gasteiger partial charge in [-0.25, -0.2) is 0 Å². The summed E-state index contributed by atoms with van der Waals surface area (Å²) in [4.78, 5) is 16.8. The Morgan fingerprint density at radius 3 is 2.85 bits per heavy atom. The van der Waals surface area contributed by atoms with Gasteiger partial charge in [-0.2, -0.15) is 0 Å². The van der Waals surface area contributed by atoms with Crippen molar-refractivity contribution < 1.29 is 4.79 Å². The van der Waals surface area contributed by atoms with Crippen LogP contribution in [0.15, 0.2) is 30.5 Å². The van der Waals surface area contributed by atoms with Crippen molar-refractivity contribution >= 4 is 33.1 Å². The highest BCUT2D eigenvalue weighted by atomic mass is 32.1. The fourth-order valence-corrected chi connectivity index (χ4v) is 5.63. The Labute approximate surface area is 163 Å². The van der Waals surface area contributed by atoms with E-state index in [4.69, 9.17) is 0 Å². The fraction of sp³-hybridized carbons (Fsp3) is 0.381. The molecule has 0 bridgehead atoms. The molecule has 4 heterocycles. The highest BCUT2D eigenvalue weighted by Gasteiger charge is 2.34. The molecule has 0 saturated heterocycles. The number of hydrogen-bond donors (Lipinski definition) is 2. The second kappa shape index (κ2) is 6.11. The molecule has 0 spiro atoms. The third kappa shape index (κ3) is 2.58. The summed E-state index contributed by atoms with van der Waals surface area (Å²) in [7, 11) is 2.05. The molecule has 6 heteroatoms. The van der Waals surface area contributed by atoms with E-state index >= 15 is 0 Å². The van der Waals surface area contributed by atoms with Crippen molar-refractivity contribution in [1.29, 1.82) is 0 Å². The number of carbonyl (C=O) groups is 1. The number of anilines is 1. The van der Waals surface area contributed by atoms with Gasteiger partial charge in [-0.1, -0.05) is 18.2 Å². The van der Waals surface area contributed by atoms with Crippen LogP contribution in [0, 0.1) is 0 Å². The van der Waals surface area contributed by atoms with Gasteiger partial charge in [0.15, 0.2) is 0 Å². The lowest BCUT2D eigenvalue weighted by Gasteiger charge is -2.30. The molecule has 0 unspecified atom stereocenters. The number of thiophene rings is 1. The maximum Gasteiger partial charge on any atom is 0.256 e. The molecule has 27 heavy (non-hydrogen) atoms. The van der Waals surface area contributed by atoms with Crippen LogP contribution < -0.4 is 10.6 Å². The minimum absolute atomic E-state index is 0.0529. The molecule has 0 aliphatic carbocycles. The predicted molar refractivity (Wildman–Crippen MR) is 110 cm³/mol. The molecule has 1 aromatic carbocycles. The van der Waals surface area contributed by atoms with E-state index in [1.807, 2.05) is 19.2 Å². The van der Waals surface area contributed by atoms with Gasteiger partial charge in [0.2, 0.25) is 0 Å². The number of aryl methyl sites for hydroxylation is 1. The number of para-hydroxylation sites is 1. The van der Waals surface area contributed by atoms with Crippen LogP contribution in [0.2, 0.25) is 0 Å². The van der Waals surface area contributed by atoms with Crippen LogP contribution in [-0.4, -0.2) is 28.0 Å². The minimum Gasteiger partial charge on any atom is -0.353 e. The number of hydrogen-bond acceptors (Lipinski definition) is 4. The van der Waals surface area contributed by atoms with Gasteiger partial charge in [-0.3, -0.25) is 9.69 Å². The first-order valence-corrected chi connectivity index (χ1v) is 10.3. The van der Waals surface area contributed by atoms with Crippen LogP contribution in [0.4, 0.5) is 5.00 Å². The van der Waals surface area contributed by atoms with Crippen LogP contribution in [0.3, 0.4) is 0 Å². The Morgan fingerprint density at radius 2 is 2.04 bits per heavy atom. The average molecular weight is 381 g/mol. The Kier molecular flexibility index (Phi) is 3.81. The quantitative estimate of drug-likeness (QED) is 0.710. The zero-order valence-electron chi connectivity index (χ0n) is 15.9. The molecule has 5 nitrogen and oxygen atoms in total. The van der Waals surface area contributed by atoms with E-state index < -0.39 is 0 Å². The van der Waals surface area contributed by atoms with Crippen molar-refractivity contribution in [1.82, 2.24) is 14.8 Å². The summed E-state index contributed by atoms with van der Waals surface area (Å²) in [5, 5.41) is 8.99. The lowest BCUT2D eigenvalue weighted by atomic mass is 9.99. The maximum atomic E-state index is 13.0. The molecule has 2 aromatic heterocycles. The normalized spacial score (nSPS) is 19.7. The van der Waals surface area contributed by atoms with Gasteiger partial charge in [0, 0.05) is 53.7 Å². The van der Waals surface area contributed by atoms with E-state index in [9.17, 15) is 4.79 Å². The molecule has 0 saturated carbocycles. The third-order valence-corrected chi connectivity index (χ3v) is 6.98. The summed E-state index contributed by atoms with van der Waals surface area (Å²) in [6.07, 6.45) is 2.87. The number of amides is 1. The average Bonchev–Trinajstić information content (AvgIpc) is 3.19. The topological polar surface area (TPSA) is 49.3 Å². The van der Waals surface area contributed by atoms with Crippen LogP contribution in [0.5, 0.6) is 0 Å². The first-order chi connectivity index (χ1) is 13.0. The summed E-state index contributed by atoms with van der Waals surface area (Å²) < 4.78 is 2.12. The van der Waals surface area contributed by atoms with Crippen LogP contribution in [0.1, 0.15) is 46.4 Å². The maximum absolute atomic E-state index is 13.0. The molecule has 140 valence electrons. The number of nitrogens with zero attached hydrogens (tertiary/aromatic N) is 2. The van der Waals surface area contributed by atoms with Gasteiger partial charge in [0.1, 0.15) is 11.2 Å². The van der Waals surface area contributed by atoms with Gasteiger partial charge in [-0.05, 0) is 31.9 Å². The van der Waals surface area contributed by atoms with E-state index in [2.05, 4.69) is 52.3 Å². The second-order valence-electron chi connectivity index (χ2n) is 7.79. The molecule has 2 N–H and O–H groups in total. The molecule has 2 aliphatic rings. The molecule has 5 rings (SSSR count). The molecular formula is C21H24N4OS. The number of rotatable bonds is 2. The molecule has 0 radical (unpaired) electrons. The van der Waals surface area contributed by atoms with Gasteiger partial charge in [0.05, 0.1) is 5.56 Å². The molecule has 1 amide bonds. The largest absolute Gasteiger partial charge is 0.353 e. The number of fused-ring (bicyclic) bond motifs is 4. The van der Waals surface area contributed by atoms with Crippen molar-refractivity contribution in [3.8, 4) is 0 Å². The van der Waals surface area contributed by atoms with E-state index in [0.717, 1.165) is 35.6 Å². The Hall–Kier alpha value is -2.31. The molecule has 3 aromatic rings. The number of nitrogens with one attached hydrogen (secondary N) is 2. The van der Waals surface area contributed by atoms with Crippen molar-refractivity contribution in [3.05, 3.63) is 52.0 Å². The number of benzene rings is 1. The van der Waals surface area contributed by atoms with Gasteiger partial charge >= 0.3 is 0 Å². The Balaban J connectivity index is 1.53. The number of carbonyl (C=O) groups excluding carboxylic acids is 1. The monoisotopic (exact) mass is 380 g/mol. The van der Waals surface area contributed by atoms with Crippen molar-refractivity contribution in [3.63, 3.8) is 0 Å². The highest BCUT2D eigenvalue weighted by molar-refractivity contribution is 7.16. The first kappa shape index (κ1) is 16.8. The zero-order chi connectivity index (χ0) is 18.7. The Morgan fingerprint density at radius 1 is 1.22 bits per heavy atom. The summed E-state index contributed by atoms with van der Waals surface area (Å²) in [5.41, 5.74) is 4.40. The molecule has 0 fully saturated rings. The summed E-state index contributed by atoms with van der Waals surface area (Å²) in [6, 6.07) is 8.85. The molecular weight excluding hydrogens is 356 g/mol. The van der Waals surface area contributed by atoms with Gasteiger partial charge in [0.25, 0.3) is 5.91 Å². The second-order valence-corrected chi connectivity index (χ2v) is 8.89. The summed E-state index contributed by atoms with van der Waals surface area (Å²) >= 11 is 1.75. The van der Waals surface area contributed by atoms with E-state index in [-0.39, 0.29) is 12.1 Å². The van der Waals surface area contributed by atoms with Crippen molar-refractivity contribution in [2.75, 3.05) is 11.9 Å². The van der Waals surface area contributed by atoms with Crippen molar-refractivity contribution in [2.45, 2.75) is 39.0 Å². The third-order valence-electron chi connectivity index (χ3n) is 5.83. The zero-order valence-corrected chi connectivity index (χ0v) is 16.7.